The molecule has 0 heterocycles. The van der Waals surface area contributed by atoms with Crippen molar-refractivity contribution < 1.29 is 9.90 Å². The fraction of sp³-hybridized carbons (Fsp3) is 0.700. The lowest BCUT2D eigenvalue weighted by atomic mass is 9.72. The third kappa shape index (κ3) is 2.73. The minimum absolute atomic E-state index is 0. The Morgan fingerprint density at radius 2 is 1.92 bits per heavy atom. The second-order valence-corrected chi connectivity index (χ2v) is 3.64. The Morgan fingerprint density at radius 3 is 2.31 bits per heavy atom. The molecule has 1 aliphatic rings. The van der Waals surface area contributed by atoms with E-state index < -0.39 is 11.4 Å². The van der Waals surface area contributed by atoms with E-state index in [0.717, 1.165) is 25.7 Å². The van der Waals surface area contributed by atoms with Crippen LogP contribution in [-0.2, 0) is 4.79 Å². The molecule has 0 amide bonds. The molecule has 0 aromatic heterocycles. The monoisotopic (exact) mass is 204 g/mol. The molecule has 0 unspecified atom stereocenters. The first-order valence-electron chi connectivity index (χ1n) is 4.55. The first-order valence-corrected chi connectivity index (χ1v) is 4.55. The molecule has 0 saturated heterocycles. The second-order valence-electron chi connectivity index (χ2n) is 3.64. The molecule has 0 atom stereocenters. The molecule has 0 aromatic rings. The van der Waals surface area contributed by atoms with Gasteiger partial charge in [-0.25, -0.2) is 0 Å². The highest BCUT2D eigenvalue weighted by atomic mass is 35.5. The average molecular weight is 205 g/mol. The summed E-state index contributed by atoms with van der Waals surface area (Å²) in [7, 11) is 0. The van der Waals surface area contributed by atoms with Gasteiger partial charge in [-0.1, -0.05) is 25.3 Å². The van der Waals surface area contributed by atoms with Crippen LogP contribution in [0.4, 0.5) is 0 Å². The van der Waals surface area contributed by atoms with Crippen LogP contribution in [0.3, 0.4) is 0 Å². The van der Waals surface area contributed by atoms with Crippen LogP contribution in [0.5, 0.6) is 0 Å². The van der Waals surface area contributed by atoms with Crippen molar-refractivity contribution in [3.05, 3.63) is 12.7 Å². The van der Waals surface area contributed by atoms with Gasteiger partial charge in [0, 0.05) is 0 Å². The third-order valence-electron chi connectivity index (χ3n) is 2.80. The zero-order valence-corrected chi connectivity index (χ0v) is 8.61. The second kappa shape index (κ2) is 5.28. The van der Waals surface area contributed by atoms with E-state index in [1.54, 1.807) is 6.08 Å². The standard InChI is InChI=1S/C10H16O2.ClH/c1-2-6-10(9(11)12)7-4-3-5-8-10;/h2H,1,3-8H2,(H,11,12);1H. The molecule has 1 aliphatic carbocycles. The van der Waals surface area contributed by atoms with E-state index in [1.165, 1.54) is 6.42 Å². The lowest BCUT2D eigenvalue weighted by Crippen LogP contribution is -2.32. The van der Waals surface area contributed by atoms with Crippen molar-refractivity contribution in [2.45, 2.75) is 38.5 Å². The number of carboxylic acid groups (broad SMARTS) is 1. The maximum atomic E-state index is 11.0. The number of carbonyl (C=O) groups is 1. The van der Waals surface area contributed by atoms with Gasteiger partial charge in [0.2, 0.25) is 0 Å². The predicted molar refractivity (Wildman–Crippen MR) is 55.2 cm³/mol. The van der Waals surface area contributed by atoms with E-state index in [-0.39, 0.29) is 12.4 Å². The summed E-state index contributed by atoms with van der Waals surface area (Å²) in [6, 6.07) is 0. The van der Waals surface area contributed by atoms with Crippen molar-refractivity contribution in [3.63, 3.8) is 0 Å². The molecule has 0 aromatic carbocycles. The van der Waals surface area contributed by atoms with Crippen molar-refractivity contribution >= 4 is 18.4 Å². The minimum atomic E-state index is -0.637. The molecular formula is C10H17ClO2. The average Bonchev–Trinajstić information content (AvgIpc) is 2.06. The highest BCUT2D eigenvalue weighted by molar-refractivity contribution is 5.85. The van der Waals surface area contributed by atoms with E-state index >= 15 is 0 Å². The molecule has 2 nitrogen and oxygen atoms in total. The summed E-state index contributed by atoms with van der Waals surface area (Å²) in [4.78, 5) is 11.0. The normalized spacial score (nSPS) is 20.0. The summed E-state index contributed by atoms with van der Waals surface area (Å²) in [6.45, 7) is 3.62. The largest absolute Gasteiger partial charge is 0.481 e. The van der Waals surface area contributed by atoms with Crippen LogP contribution < -0.4 is 0 Å². The maximum absolute atomic E-state index is 11.0. The number of aliphatic carboxylic acids is 1. The van der Waals surface area contributed by atoms with Gasteiger partial charge in [0.15, 0.2) is 0 Å². The topological polar surface area (TPSA) is 37.3 Å². The number of halogens is 1. The Balaban J connectivity index is 0.00000144. The van der Waals surface area contributed by atoms with Gasteiger partial charge in [0.25, 0.3) is 0 Å². The molecule has 0 bridgehead atoms. The van der Waals surface area contributed by atoms with Crippen LogP contribution >= 0.6 is 12.4 Å². The fourth-order valence-corrected chi connectivity index (χ4v) is 2.01. The van der Waals surface area contributed by atoms with Crippen LogP contribution in [0.15, 0.2) is 12.7 Å². The van der Waals surface area contributed by atoms with Crippen LogP contribution in [0.1, 0.15) is 38.5 Å². The van der Waals surface area contributed by atoms with Gasteiger partial charge in [-0.15, -0.1) is 19.0 Å². The molecule has 3 heteroatoms. The van der Waals surface area contributed by atoms with E-state index in [9.17, 15) is 4.79 Å². The molecule has 76 valence electrons. The molecule has 0 radical (unpaired) electrons. The molecular weight excluding hydrogens is 188 g/mol. The van der Waals surface area contributed by atoms with Crippen molar-refractivity contribution in [1.82, 2.24) is 0 Å². The Hall–Kier alpha value is -0.500. The fourth-order valence-electron chi connectivity index (χ4n) is 2.01. The summed E-state index contributed by atoms with van der Waals surface area (Å²) in [6.07, 6.45) is 7.32. The van der Waals surface area contributed by atoms with Gasteiger partial charge < -0.3 is 5.11 Å². The molecule has 1 fully saturated rings. The number of rotatable bonds is 3. The van der Waals surface area contributed by atoms with Crippen molar-refractivity contribution in [1.29, 1.82) is 0 Å². The van der Waals surface area contributed by atoms with Gasteiger partial charge in [0.1, 0.15) is 0 Å². The summed E-state index contributed by atoms with van der Waals surface area (Å²) in [5.41, 5.74) is -0.472. The maximum Gasteiger partial charge on any atom is 0.309 e. The lowest BCUT2D eigenvalue weighted by molar-refractivity contribution is -0.150. The first kappa shape index (κ1) is 12.5. The Labute approximate surface area is 85.4 Å². The van der Waals surface area contributed by atoms with Gasteiger partial charge in [0.05, 0.1) is 5.41 Å². The van der Waals surface area contributed by atoms with Crippen molar-refractivity contribution in [2.24, 2.45) is 5.41 Å². The highest BCUT2D eigenvalue weighted by Gasteiger charge is 2.37. The van der Waals surface area contributed by atoms with Crippen molar-refractivity contribution in [3.8, 4) is 0 Å². The molecule has 1 N–H and O–H groups in total. The summed E-state index contributed by atoms with van der Waals surface area (Å²) in [5, 5.41) is 9.07. The summed E-state index contributed by atoms with van der Waals surface area (Å²) < 4.78 is 0. The van der Waals surface area contributed by atoms with E-state index in [2.05, 4.69) is 6.58 Å². The zero-order valence-electron chi connectivity index (χ0n) is 7.79. The number of hydrogen-bond acceptors (Lipinski definition) is 1. The smallest absolute Gasteiger partial charge is 0.309 e. The highest BCUT2D eigenvalue weighted by Crippen LogP contribution is 2.39. The molecule has 1 saturated carbocycles. The summed E-state index contributed by atoms with van der Waals surface area (Å²) in [5.74, 6) is -0.637. The van der Waals surface area contributed by atoms with E-state index in [1.807, 2.05) is 0 Å². The van der Waals surface area contributed by atoms with Crippen LogP contribution in [-0.4, -0.2) is 11.1 Å². The third-order valence-corrected chi connectivity index (χ3v) is 2.80. The molecule has 13 heavy (non-hydrogen) atoms. The van der Waals surface area contributed by atoms with Crippen LogP contribution in [0.25, 0.3) is 0 Å². The van der Waals surface area contributed by atoms with E-state index in [0.29, 0.717) is 6.42 Å². The Bertz CT molecular complexity index is 183. The number of hydrogen-bond donors (Lipinski definition) is 1. The number of carboxylic acids is 1. The molecule has 1 rings (SSSR count). The number of allylic oxidation sites excluding steroid dienone is 1. The SMILES string of the molecule is C=CCC1(C(=O)O)CCCCC1.Cl. The van der Waals surface area contributed by atoms with Crippen LogP contribution in [0, 0.1) is 5.41 Å². The van der Waals surface area contributed by atoms with Gasteiger partial charge in [-0.3, -0.25) is 4.79 Å². The molecule has 0 aliphatic heterocycles. The lowest BCUT2D eigenvalue weighted by Gasteiger charge is -2.31. The quantitative estimate of drug-likeness (QED) is 0.718. The Kier molecular flexibility index (Phi) is 5.07. The molecule has 0 spiro atoms. The van der Waals surface area contributed by atoms with Crippen LogP contribution in [0.2, 0.25) is 0 Å². The zero-order chi connectivity index (χ0) is 9.03. The summed E-state index contributed by atoms with van der Waals surface area (Å²) >= 11 is 0. The predicted octanol–water partition coefficient (Wildman–Crippen LogP) is 3.02. The van der Waals surface area contributed by atoms with Gasteiger partial charge in [-0.05, 0) is 19.3 Å². The van der Waals surface area contributed by atoms with Gasteiger partial charge in [-0.2, -0.15) is 0 Å². The van der Waals surface area contributed by atoms with Gasteiger partial charge >= 0.3 is 5.97 Å². The minimum Gasteiger partial charge on any atom is -0.481 e. The Morgan fingerprint density at radius 1 is 1.38 bits per heavy atom. The first-order chi connectivity index (χ1) is 5.71. The van der Waals surface area contributed by atoms with E-state index in [4.69, 9.17) is 5.11 Å². The van der Waals surface area contributed by atoms with Crippen molar-refractivity contribution in [2.75, 3.05) is 0 Å².